The number of hydrogen-bond acceptors (Lipinski definition) is 7. The number of ether oxygens (including phenoxy) is 1. The molecule has 164 valence electrons. The number of halogens is 1. The van der Waals surface area contributed by atoms with Gasteiger partial charge in [0.1, 0.15) is 16.0 Å². The summed E-state index contributed by atoms with van der Waals surface area (Å²) < 4.78 is 5.82. The van der Waals surface area contributed by atoms with E-state index in [0.29, 0.717) is 28.0 Å². The van der Waals surface area contributed by atoms with Crippen LogP contribution in [0.25, 0.3) is 16.0 Å². The van der Waals surface area contributed by atoms with Crippen LogP contribution in [0.1, 0.15) is 29.5 Å². The molecule has 0 saturated heterocycles. The lowest BCUT2D eigenvalue weighted by Gasteiger charge is -2.19. The highest BCUT2D eigenvalue weighted by Gasteiger charge is 2.36. The van der Waals surface area contributed by atoms with Gasteiger partial charge in [0.05, 0.1) is 40.4 Å². The number of carbonyl (C=O) groups excluding carboxylic acids is 1. The average Bonchev–Trinajstić information content (AvgIpc) is 3.29. The fraction of sp³-hybridized carbons (Fsp3) is 0.286. The second-order valence-electron chi connectivity index (χ2n) is 7.53. The van der Waals surface area contributed by atoms with E-state index >= 15 is 0 Å². The van der Waals surface area contributed by atoms with E-state index in [1.807, 2.05) is 6.92 Å². The van der Waals surface area contributed by atoms with Crippen LogP contribution in [0, 0.1) is 12.8 Å². The third-order valence-electron chi connectivity index (χ3n) is 5.25. The number of nitrogens with zero attached hydrogens (tertiary/aromatic N) is 5. The smallest absolute Gasteiger partial charge is 0.323 e. The molecule has 9 nitrogen and oxygen atoms in total. The maximum Gasteiger partial charge on any atom is 0.323 e. The molecule has 0 spiro atoms. The van der Waals surface area contributed by atoms with Gasteiger partial charge in [-0.1, -0.05) is 22.9 Å². The molecule has 0 aliphatic heterocycles. The molecule has 0 bridgehead atoms. The highest BCUT2D eigenvalue weighted by atomic mass is 35.5. The van der Waals surface area contributed by atoms with Gasteiger partial charge in [0.2, 0.25) is 0 Å². The number of aryl methyl sites for hydroxylation is 1. The summed E-state index contributed by atoms with van der Waals surface area (Å²) in [5.74, 6) is 0.415. The van der Waals surface area contributed by atoms with Crippen molar-refractivity contribution in [1.82, 2.24) is 25.0 Å². The van der Waals surface area contributed by atoms with Crippen LogP contribution in [-0.4, -0.2) is 38.1 Å². The van der Waals surface area contributed by atoms with Crippen LogP contribution < -0.4 is 10.6 Å². The Bertz CT molecular complexity index is 1290. The van der Waals surface area contributed by atoms with Crippen LogP contribution in [-0.2, 0) is 4.74 Å². The highest BCUT2D eigenvalue weighted by molar-refractivity contribution is 7.18. The first-order valence-electron chi connectivity index (χ1n) is 10.1. The molecule has 0 radical (unpaired) electrons. The van der Waals surface area contributed by atoms with Crippen molar-refractivity contribution in [2.24, 2.45) is 5.92 Å². The number of hydrogen-bond donors (Lipinski definition) is 2. The van der Waals surface area contributed by atoms with E-state index in [2.05, 4.69) is 30.8 Å². The maximum absolute atomic E-state index is 12.8. The van der Waals surface area contributed by atoms with Gasteiger partial charge in [-0.05, 0) is 43.9 Å². The van der Waals surface area contributed by atoms with Crippen LogP contribution in [0.3, 0.4) is 0 Å². The predicted molar refractivity (Wildman–Crippen MR) is 124 cm³/mol. The quantitative estimate of drug-likeness (QED) is 0.412. The molecule has 1 aliphatic rings. The SMILES string of the molecule is COC(c1c(NC(=O)Nc2ccc(-n3nccn3)c(Cl)c2)cnc2sc(C)nc12)C1CC1. The van der Waals surface area contributed by atoms with E-state index in [4.69, 9.17) is 16.3 Å². The number of urea groups is 1. The number of pyridine rings is 1. The van der Waals surface area contributed by atoms with Gasteiger partial charge < -0.3 is 15.4 Å². The number of fused-ring (bicyclic) bond motifs is 1. The topological polar surface area (TPSA) is 107 Å². The average molecular weight is 470 g/mol. The van der Waals surface area contributed by atoms with Crippen LogP contribution in [0.15, 0.2) is 36.8 Å². The number of nitrogens with one attached hydrogen (secondary N) is 2. The lowest BCUT2D eigenvalue weighted by Crippen LogP contribution is -2.21. The van der Waals surface area contributed by atoms with Crippen molar-refractivity contribution in [3.63, 3.8) is 0 Å². The molecule has 4 aromatic rings. The van der Waals surface area contributed by atoms with Gasteiger partial charge in [0, 0.05) is 18.4 Å². The van der Waals surface area contributed by atoms with E-state index in [1.165, 1.54) is 16.1 Å². The fourth-order valence-corrected chi connectivity index (χ4v) is 4.73. The second kappa shape index (κ2) is 8.45. The number of anilines is 2. The van der Waals surface area contributed by atoms with Crippen LogP contribution in [0.4, 0.5) is 16.2 Å². The van der Waals surface area contributed by atoms with Crippen molar-refractivity contribution in [3.05, 3.63) is 52.4 Å². The molecule has 1 aliphatic carbocycles. The molecule has 1 atom stereocenters. The van der Waals surface area contributed by atoms with Crippen molar-refractivity contribution >= 4 is 50.7 Å². The number of benzene rings is 1. The minimum atomic E-state index is -0.411. The second-order valence-corrected chi connectivity index (χ2v) is 9.12. The first kappa shape index (κ1) is 20.8. The van der Waals surface area contributed by atoms with E-state index in [-0.39, 0.29) is 6.10 Å². The molecule has 32 heavy (non-hydrogen) atoms. The van der Waals surface area contributed by atoms with Gasteiger partial charge >= 0.3 is 6.03 Å². The Morgan fingerprint density at radius 3 is 2.75 bits per heavy atom. The monoisotopic (exact) mass is 469 g/mol. The van der Waals surface area contributed by atoms with Gasteiger partial charge in [-0.2, -0.15) is 15.0 Å². The molecule has 3 aromatic heterocycles. The summed E-state index contributed by atoms with van der Waals surface area (Å²) in [6.45, 7) is 1.95. The third kappa shape index (κ3) is 4.04. The van der Waals surface area contributed by atoms with Gasteiger partial charge in [0.25, 0.3) is 0 Å². The Balaban J connectivity index is 1.41. The first-order chi connectivity index (χ1) is 15.5. The molecule has 1 saturated carbocycles. The Morgan fingerprint density at radius 1 is 1.28 bits per heavy atom. The Labute approximate surface area is 192 Å². The largest absolute Gasteiger partial charge is 0.376 e. The van der Waals surface area contributed by atoms with E-state index in [1.54, 1.807) is 43.9 Å². The number of methoxy groups -OCH3 is 1. The summed E-state index contributed by atoms with van der Waals surface area (Å²) in [4.78, 5) is 24.2. The van der Waals surface area contributed by atoms with Crippen LogP contribution in [0.5, 0.6) is 0 Å². The standard InChI is InChI=1S/C21H20ClN7O2S/c1-11-26-18-17(19(31-2)12-3-4-12)15(10-23-20(18)32-11)28-21(30)27-13-5-6-16(14(22)9-13)29-24-7-8-25-29/h5-10,12,19H,3-4H2,1-2H3,(H2,27,28,30). The molecular weight excluding hydrogens is 450 g/mol. The minimum absolute atomic E-state index is 0.146. The summed E-state index contributed by atoms with van der Waals surface area (Å²) in [5, 5.41) is 15.2. The summed E-state index contributed by atoms with van der Waals surface area (Å²) >= 11 is 7.88. The predicted octanol–water partition coefficient (Wildman–Crippen LogP) is 4.98. The zero-order valence-corrected chi connectivity index (χ0v) is 18.9. The van der Waals surface area contributed by atoms with E-state index < -0.39 is 6.03 Å². The van der Waals surface area contributed by atoms with Gasteiger partial charge in [-0.25, -0.2) is 14.8 Å². The number of carbonyl (C=O) groups is 1. The molecule has 1 unspecified atom stereocenters. The molecule has 1 aromatic carbocycles. The molecular formula is C21H20ClN7O2S. The fourth-order valence-electron chi connectivity index (χ4n) is 3.70. The molecule has 1 fully saturated rings. The van der Waals surface area contributed by atoms with Gasteiger partial charge in [-0.15, -0.1) is 0 Å². The normalized spacial score (nSPS) is 14.5. The number of amides is 2. The number of rotatable bonds is 6. The first-order valence-corrected chi connectivity index (χ1v) is 11.3. The number of aromatic nitrogens is 5. The Morgan fingerprint density at radius 2 is 2.06 bits per heavy atom. The van der Waals surface area contributed by atoms with Crippen molar-refractivity contribution in [2.75, 3.05) is 17.7 Å². The molecule has 3 heterocycles. The van der Waals surface area contributed by atoms with Gasteiger partial charge in [-0.3, -0.25) is 0 Å². The molecule has 5 rings (SSSR count). The minimum Gasteiger partial charge on any atom is -0.376 e. The van der Waals surface area contributed by atoms with Crippen molar-refractivity contribution in [3.8, 4) is 5.69 Å². The lowest BCUT2D eigenvalue weighted by molar-refractivity contribution is 0.0861. The van der Waals surface area contributed by atoms with E-state index in [0.717, 1.165) is 33.8 Å². The molecule has 11 heteroatoms. The van der Waals surface area contributed by atoms with Gasteiger partial charge in [0.15, 0.2) is 0 Å². The zero-order chi connectivity index (χ0) is 22.2. The van der Waals surface area contributed by atoms with Crippen LogP contribution >= 0.6 is 22.9 Å². The highest BCUT2D eigenvalue weighted by Crippen LogP contribution is 2.47. The van der Waals surface area contributed by atoms with Crippen molar-refractivity contribution < 1.29 is 9.53 Å². The summed E-state index contributed by atoms with van der Waals surface area (Å²) in [5.41, 5.74) is 3.39. The lowest BCUT2D eigenvalue weighted by atomic mass is 10.0. The Hall–Kier alpha value is -3.08. The van der Waals surface area contributed by atoms with Crippen LogP contribution in [0.2, 0.25) is 5.02 Å². The zero-order valence-electron chi connectivity index (χ0n) is 17.4. The summed E-state index contributed by atoms with van der Waals surface area (Å²) in [7, 11) is 1.69. The third-order valence-corrected chi connectivity index (χ3v) is 6.43. The maximum atomic E-state index is 12.8. The molecule has 2 N–H and O–H groups in total. The van der Waals surface area contributed by atoms with Crippen molar-refractivity contribution in [2.45, 2.75) is 25.9 Å². The Kier molecular flexibility index (Phi) is 5.50. The molecule has 2 amide bonds. The summed E-state index contributed by atoms with van der Waals surface area (Å²) in [6.07, 6.45) is 6.84. The van der Waals surface area contributed by atoms with E-state index in [9.17, 15) is 4.79 Å². The van der Waals surface area contributed by atoms with Crippen molar-refractivity contribution in [1.29, 1.82) is 0 Å². The number of thiazole rings is 1. The summed E-state index contributed by atoms with van der Waals surface area (Å²) in [6, 6.07) is 4.71.